The summed E-state index contributed by atoms with van der Waals surface area (Å²) in [5.41, 5.74) is 0. The fraction of sp³-hybridized carbons (Fsp3) is 0.167. The van der Waals surface area contributed by atoms with Crippen molar-refractivity contribution >= 4 is 46.2 Å². The predicted octanol–water partition coefficient (Wildman–Crippen LogP) is 6.90. The van der Waals surface area contributed by atoms with Gasteiger partial charge in [0, 0.05) is 19.5 Å². The lowest BCUT2D eigenvalue weighted by molar-refractivity contribution is 0.130. The number of hydrogen-bond donors (Lipinski definition) is 2. The van der Waals surface area contributed by atoms with Crippen molar-refractivity contribution < 1.29 is 10.2 Å². The molecule has 4 unspecified atom stereocenters. The highest BCUT2D eigenvalue weighted by molar-refractivity contribution is 8.03. The molecule has 0 fully saturated rings. The quantitative estimate of drug-likeness (QED) is 0.261. The molecule has 0 aliphatic carbocycles. The first-order chi connectivity index (χ1) is 14.7. The molecule has 0 spiro atoms. The van der Waals surface area contributed by atoms with Crippen LogP contribution in [0.3, 0.4) is 0 Å². The van der Waals surface area contributed by atoms with E-state index >= 15 is 0 Å². The van der Waals surface area contributed by atoms with Crippen LogP contribution in [-0.4, -0.2) is 20.7 Å². The molecule has 4 atom stereocenters. The average molecular weight is 471 g/mol. The van der Waals surface area contributed by atoms with Crippen molar-refractivity contribution in [3.8, 4) is 0 Å². The van der Waals surface area contributed by atoms with Crippen molar-refractivity contribution in [2.45, 2.75) is 32.5 Å². The molecule has 0 aliphatic heterocycles. The van der Waals surface area contributed by atoms with Gasteiger partial charge in [-0.1, -0.05) is 48.5 Å². The van der Waals surface area contributed by atoms with E-state index in [0.717, 1.165) is 19.5 Å². The lowest BCUT2D eigenvalue weighted by Crippen LogP contribution is -2.32. The third-order valence-corrected chi connectivity index (χ3v) is 9.44. The molecule has 0 bridgehead atoms. The fourth-order valence-corrected chi connectivity index (χ4v) is 7.57. The van der Waals surface area contributed by atoms with Gasteiger partial charge >= 0.3 is 0 Å². The van der Waals surface area contributed by atoms with E-state index in [1.54, 1.807) is 46.2 Å². The lowest BCUT2D eigenvalue weighted by atomic mass is 10.1. The summed E-state index contributed by atoms with van der Waals surface area (Å²) in [6.45, 7) is 0. The maximum absolute atomic E-state index is 11.4. The van der Waals surface area contributed by atoms with Gasteiger partial charge in [-0.3, -0.25) is 0 Å². The third kappa shape index (κ3) is 5.38. The summed E-state index contributed by atoms with van der Waals surface area (Å²) < 4.78 is 0. The van der Waals surface area contributed by atoms with Crippen molar-refractivity contribution in [1.29, 1.82) is 0 Å². The summed E-state index contributed by atoms with van der Waals surface area (Å²) in [5.74, 6) is 0. The number of aliphatic hydroxyl groups is 2. The van der Waals surface area contributed by atoms with Crippen LogP contribution in [0.15, 0.2) is 105 Å². The fourth-order valence-electron chi connectivity index (χ4n) is 3.18. The minimum absolute atomic E-state index is 0.242. The Kier molecular flexibility index (Phi) is 7.71. The van der Waals surface area contributed by atoms with E-state index in [1.165, 1.54) is 0 Å². The zero-order valence-electron chi connectivity index (χ0n) is 16.1. The van der Waals surface area contributed by atoms with Crippen LogP contribution in [0.25, 0.3) is 0 Å². The van der Waals surface area contributed by atoms with Gasteiger partial charge in [0.2, 0.25) is 0 Å². The number of benzene rings is 2. The standard InChI is InChI=1S/C24H22O2S4/c25-21(19-13-7-15-27-19)23(29-17-9-3-1-4-10-17)24(22(26)20-14-8-16-28-20)30-18-11-5-2-6-12-18/h1-16,21-26H. The van der Waals surface area contributed by atoms with Crippen LogP contribution in [0, 0.1) is 0 Å². The van der Waals surface area contributed by atoms with E-state index in [4.69, 9.17) is 0 Å². The Morgan fingerprint density at radius 3 is 1.27 bits per heavy atom. The molecule has 6 heteroatoms. The highest BCUT2D eigenvalue weighted by atomic mass is 32.2. The maximum Gasteiger partial charge on any atom is 0.102 e. The zero-order chi connectivity index (χ0) is 20.8. The maximum atomic E-state index is 11.4. The van der Waals surface area contributed by atoms with Crippen LogP contribution < -0.4 is 0 Å². The minimum atomic E-state index is -0.689. The summed E-state index contributed by atoms with van der Waals surface area (Å²) in [4.78, 5) is 3.99. The Labute approximate surface area is 193 Å². The molecule has 30 heavy (non-hydrogen) atoms. The van der Waals surface area contributed by atoms with E-state index in [0.29, 0.717) is 0 Å². The van der Waals surface area contributed by atoms with Crippen LogP contribution in [0.1, 0.15) is 22.0 Å². The third-order valence-electron chi connectivity index (χ3n) is 4.65. The zero-order valence-corrected chi connectivity index (χ0v) is 19.3. The average Bonchev–Trinajstić information content (AvgIpc) is 3.51. The van der Waals surface area contributed by atoms with Crippen LogP contribution in [0.4, 0.5) is 0 Å². The van der Waals surface area contributed by atoms with Gasteiger partial charge in [0.1, 0.15) is 12.2 Å². The van der Waals surface area contributed by atoms with E-state index in [9.17, 15) is 10.2 Å². The van der Waals surface area contributed by atoms with Gasteiger partial charge in [0.15, 0.2) is 0 Å². The van der Waals surface area contributed by atoms with Crippen molar-refractivity contribution in [2.75, 3.05) is 0 Å². The van der Waals surface area contributed by atoms with Crippen molar-refractivity contribution in [3.05, 3.63) is 105 Å². The van der Waals surface area contributed by atoms with Gasteiger partial charge in [-0.05, 0) is 47.2 Å². The molecule has 4 rings (SSSR count). The molecule has 0 saturated carbocycles. The monoisotopic (exact) mass is 470 g/mol. The first kappa shape index (κ1) is 21.7. The molecule has 0 aliphatic rings. The molecule has 154 valence electrons. The molecule has 2 N–H and O–H groups in total. The number of aliphatic hydroxyl groups excluding tert-OH is 2. The molecule has 2 aromatic heterocycles. The largest absolute Gasteiger partial charge is 0.386 e. The molecule has 0 amide bonds. The van der Waals surface area contributed by atoms with Gasteiger partial charge in [-0.25, -0.2) is 0 Å². The molecule has 2 aromatic carbocycles. The normalized spacial score (nSPS) is 15.4. The second-order valence-electron chi connectivity index (χ2n) is 6.71. The topological polar surface area (TPSA) is 40.5 Å². The minimum Gasteiger partial charge on any atom is -0.386 e. The summed E-state index contributed by atoms with van der Waals surface area (Å²) in [7, 11) is 0. The van der Waals surface area contributed by atoms with E-state index in [2.05, 4.69) is 24.3 Å². The molecular weight excluding hydrogens is 449 g/mol. The van der Waals surface area contributed by atoms with Crippen molar-refractivity contribution in [3.63, 3.8) is 0 Å². The number of hydrogen-bond acceptors (Lipinski definition) is 6. The summed E-state index contributed by atoms with van der Waals surface area (Å²) >= 11 is 6.36. The Morgan fingerprint density at radius 1 is 0.533 bits per heavy atom. The van der Waals surface area contributed by atoms with E-state index in [-0.39, 0.29) is 10.5 Å². The second-order valence-corrected chi connectivity index (χ2v) is 11.2. The summed E-state index contributed by atoms with van der Waals surface area (Å²) in [6, 6.07) is 28.1. The van der Waals surface area contributed by atoms with E-state index < -0.39 is 12.2 Å². The number of thiophene rings is 2. The van der Waals surface area contributed by atoms with Gasteiger partial charge < -0.3 is 10.2 Å². The highest BCUT2D eigenvalue weighted by Crippen LogP contribution is 2.46. The van der Waals surface area contributed by atoms with Gasteiger partial charge in [0.05, 0.1) is 10.5 Å². The summed E-state index contributed by atoms with van der Waals surface area (Å²) in [5, 5.41) is 26.3. The van der Waals surface area contributed by atoms with Crippen molar-refractivity contribution in [2.24, 2.45) is 0 Å². The van der Waals surface area contributed by atoms with Crippen molar-refractivity contribution in [1.82, 2.24) is 0 Å². The molecule has 0 saturated heterocycles. The predicted molar refractivity (Wildman–Crippen MR) is 131 cm³/mol. The first-order valence-corrected chi connectivity index (χ1v) is 13.1. The van der Waals surface area contributed by atoms with E-state index in [1.807, 2.05) is 71.4 Å². The number of thioether (sulfide) groups is 2. The Bertz CT molecular complexity index is 905. The van der Waals surface area contributed by atoms with Crippen LogP contribution in [0.5, 0.6) is 0 Å². The second kappa shape index (κ2) is 10.7. The first-order valence-electron chi connectivity index (χ1n) is 9.59. The van der Waals surface area contributed by atoms with Crippen LogP contribution in [-0.2, 0) is 0 Å². The smallest absolute Gasteiger partial charge is 0.102 e. The SMILES string of the molecule is OC(c1cccs1)C(Sc1ccccc1)C(Sc1ccccc1)C(O)c1cccs1. The van der Waals surface area contributed by atoms with Crippen LogP contribution in [0.2, 0.25) is 0 Å². The summed E-state index contributed by atoms with van der Waals surface area (Å²) in [6.07, 6.45) is -1.38. The Morgan fingerprint density at radius 2 is 0.933 bits per heavy atom. The Balaban J connectivity index is 1.72. The highest BCUT2D eigenvalue weighted by Gasteiger charge is 2.37. The number of rotatable bonds is 9. The van der Waals surface area contributed by atoms with Gasteiger partial charge in [-0.15, -0.1) is 46.2 Å². The van der Waals surface area contributed by atoms with Gasteiger partial charge in [0.25, 0.3) is 0 Å². The lowest BCUT2D eigenvalue weighted by Gasteiger charge is -2.33. The molecule has 2 nitrogen and oxygen atoms in total. The molecular formula is C24H22O2S4. The Hall–Kier alpha value is -1.54. The van der Waals surface area contributed by atoms with Crippen LogP contribution >= 0.6 is 46.2 Å². The molecule has 4 aromatic rings. The molecule has 2 heterocycles. The van der Waals surface area contributed by atoms with Gasteiger partial charge in [-0.2, -0.15) is 0 Å². The molecule has 0 radical (unpaired) electrons.